The van der Waals surface area contributed by atoms with Crippen LogP contribution in [0.15, 0.2) is 48.8 Å². The Morgan fingerprint density at radius 1 is 1.18 bits per heavy atom. The van der Waals surface area contributed by atoms with Gasteiger partial charge in [-0.15, -0.1) is 0 Å². The number of hydrogen-bond acceptors (Lipinski definition) is 7. The quantitative estimate of drug-likeness (QED) is 0.395. The predicted molar refractivity (Wildman–Crippen MR) is 147 cm³/mol. The van der Waals surface area contributed by atoms with E-state index in [0.29, 0.717) is 41.2 Å². The smallest absolute Gasteiger partial charge is 0.254 e. The molecule has 3 aliphatic rings. The normalized spacial score (nSPS) is 19.0. The maximum absolute atomic E-state index is 13.7. The van der Waals surface area contributed by atoms with Gasteiger partial charge in [0, 0.05) is 61.6 Å². The Kier molecular flexibility index (Phi) is 5.75. The molecule has 2 fully saturated rings. The van der Waals surface area contributed by atoms with Crippen molar-refractivity contribution in [2.24, 2.45) is 0 Å². The molecule has 0 aliphatic carbocycles. The molecule has 1 atom stereocenters. The summed E-state index contributed by atoms with van der Waals surface area (Å²) < 4.78 is 21.2. The topological polar surface area (TPSA) is 87.0 Å². The molecule has 4 aromatic rings. The Morgan fingerprint density at radius 3 is 2.85 bits per heavy atom. The van der Waals surface area contributed by atoms with E-state index < -0.39 is 0 Å². The van der Waals surface area contributed by atoms with Gasteiger partial charge >= 0.3 is 0 Å². The van der Waals surface area contributed by atoms with Crippen LogP contribution in [0.2, 0.25) is 0 Å². The average molecular weight is 528 g/mol. The van der Waals surface area contributed by atoms with Gasteiger partial charge in [-0.25, -0.2) is 14.4 Å². The number of amides is 1. The third-order valence-electron chi connectivity index (χ3n) is 8.15. The minimum absolute atomic E-state index is 0.134. The Morgan fingerprint density at radius 2 is 2.05 bits per heavy atom. The molecule has 3 aromatic heterocycles. The second-order valence-corrected chi connectivity index (χ2v) is 10.7. The molecule has 200 valence electrons. The predicted octanol–water partition coefficient (Wildman–Crippen LogP) is 3.78. The van der Waals surface area contributed by atoms with Crippen LogP contribution in [0.4, 0.5) is 21.7 Å². The van der Waals surface area contributed by atoms with Gasteiger partial charge in [0.1, 0.15) is 23.1 Å². The van der Waals surface area contributed by atoms with E-state index in [4.69, 9.17) is 9.72 Å². The number of hydrogen-bond donors (Lipinski definition) is 2. The van der Waals surface area contributed by atoms with E-state index in [1.807, 2.05) is 22.6 Å². The largest absolute Gasteiger partial charge is 0.381 e. The molecular formula is C29H30FN7O2. The maximum atomic E-state index is 13.7. The Hall–Kier alpha value is -4.02. The molecular weight excluding hydrogens is 497 g/mol. The molecule has 0 spiro atoms. The lowest BCUT2D eigenvalue weighted by Gasteiger charge is -2.44. The van der Waals surface area contributed by atoms with Gasteiger partial charge in [-0.1, -0.05) is 12.1 Å². The van der Waals surface area contributed by atoms with Crippen LogP contribution >= 0.6 is 0 Å². The summed E-state index contributed by atoms with van der Waals surface area (Å²) in [5, 5.41) is 6.40. The zero-order valence-electron chi connectivity index (χ0n) is 21.9. The molecule has 9 nitrogen and oxygen atoms in total. The third-order valence-corrected chi connectivity index (χ3v) is 8.15. The van der Waals surface area contributed by atoms with Crippen LogP contribution in [-0.4, -0.2) is 71.6 Å². The molecule has 10 heteroatoms. The van der Waals surface area contributed by atoms with Crippen molar-refractivity contribution in [3.05, 3.63) is 71.3 Å². The van der Waals surface area contributed by atoms with Crippen LogP contribution in [0.1, 0.15) is 33.8 Å². The van der Waals surface area contributed by atoms with Crippen LogP contribution < -0.4 is 15.5 Å². The van der Waals surface area contributed by atoms with Crippen molar-refractivity contribution < 1.29 is 13.9 Å². The van der Waals surface area contributed by atoms with Gasteiger partial charge in [0.15, 0.2) is 0 Å². The van der Waals surface area contributed by atoms with E-state index in [-0.39, 0.29) is 11.7 Å². The molecule has 0 saturated carbocycles. The lowest BCUT2D eigenvalue weighted by molar-refractivity contribution is 0.0966. The van der Waals surface area contributed by atoms with Crippen molar-refractivity contribution in [3.63, 3.8) is 0 Å². The fraction of sp³-hybridized carbons (Fsp3) is 0.345. The van der Waals surface area contributed by atoms with Crippen molar-refractivity contribution in [3.8, 4) is 11.3 Å². The number of carbonyl (C=O) groups excluding carboxylic acids is 1. The number of pyridine rings is 2. The molecule has 1 aromatic carbocycles. The monoisotopic (exact) mass is 527 g/mol. The Balaban J connectivity index is 1.24. The first-order valence-corrected chi connectivity index (χ1v) is 13.3. The zero-order valence-corrected chi connectivity index (χ0v) is 21.9. The van der Waals surface area contributed by atoms with Crippen molar-refractivity contribution in [1.82, 2.24) is 24.6 Å². The molecule has 0 radical (unpaired) electrons. The molecule has 7 rings (SSSR count). The second-order valence-electron chi connectivity index (χ2n) is 10.7. The highest BCUT2D eigenvalue weighted by Gasteiger charge is 2.33. The summed E-state index contributed by atoms with van der Waals surface area (Å²) in [5.74, 6) is 1.55. The van der Waals surface area contributed by atoms with E-state index in [0.717, 1.165) is 55.4 Å². The number of nitrogens with one attached hydrogen (secondary N) is 2. The summed E-state index contributed by atoms with van der Waals surface area (Å²) in [7, 11) is 4.22. The first-order valence-electron chi connectivity index (χ1n) is 13.3. The molecule has 3 aliphatic heterocycles. The van der Waals surface area contributed by atoms with Gasteiger partial charge in [-0.05, 0) is 44.3 Å². The Labute approximate surface area is 225 Å². The fourth-order valence-corrected chi connectivity index (χ4v) is 5.82. The number of imidazole rings is 1. The van der Waals surface area contributed by atoms with Gasteiger partial charge in [0.2, 0.25) is 0 Å². The van der Waals surface area contributed by atoms with E-state index >= 15 is 0 Å². The maximum Gasteiger partial charge on any atom is 0.254 e. The average Bonchev–Trinajstić information content (AvgIpc) is 3.64. The molecule has 1 amide bonds. The van der Waals surface area contributed by atoms with Crippen LogP contribution in [0.5, 0.6) is 0 Å². The van der Waals surface area contributed by atoms with Crippen molar-refractivity contribution in [2.75, 3.05) is 50.6 Å². The van der Waals surface area contributed by atoms with E-state index in [1.165, 1.54) is 17.7 Å². The number of benzene rings is 1. The number of carbonyl (C=O) groups is 1. The summed E-state index contributed by atoms with van der Waals surface area (Å²) >= 11 is 0. The highest BCUT2D eigenvalue weighted by molar-refractivity contribution is 6.06. The molecule has 2 saturated heterocycles. The number of halogens is 1. The number of nitrogens with zero attached hydrogens (tertiary/aromatic N) is 5. The lowest BCUT2D eigenvalue weighted by atomic mass is 9.96. The Bertz CT molecular complexity index is 1590. The SMILES string of the molecule is CN(C)C1CN(c2nc(Nc3ccc(-c4cnc5cc(F)ccn45)c4c3C(=O)NC4)ccc2C2CCOC2)C1. The molecule has 6 heterocycles. The summed E-state index contributed by atoms with van der Waals surface area (Å²) in [5.41, 5.74) is 5.61. The van der Waals surface area contributed by atoms with Crippen LogP contribution in [0.25, 0.3) is 16.9 Å². The summed E-state index contributed by atoms with van der Waals surface area (Å²) in [4.78, 5) is 27.0. The third kappa shape index (κ3) is 4.11. The summed E-state index contributed by atoms with van der Waals surface area (Å²) in [6, 6.07) is 11.3. The number of aromatic nitrogens is 3. The molecule has 1 unspecified atom stereocenters. The lowest BCUT2D eigenvalue weighted by Crippen LogP contribution is -2.58. The van der Waals surface area contributed by atoms with Crippen LogP contribution in [0, 0.1) is 5.82 Å². The highest BCUT2D eigenvalue weighted by Crippen LogP contribution is 2.38. The number of ether oxygens (including phenoxy) is 1. The van der Waals surface area contributed by atoms with Crippen LogP contribution in [0.3, 0.4) is 0 Å². The number of anilines is 3. The fourth-order valence-electron chi connectivity index (χ4n) is 5.82. The summed E-state index contributed by atoms with van der Waals surface area (Å²) in [6.07, 6.45) is 4.37. The molecule has 39 heavy (non-hydrogen) atoms. The van der Waals surface area contributed by atoms with E-state index in [1.54, 1.807) is 12.4 Å². The van der Waals surface area contributed by atoms with E-state index in [9.17, 15) is 9.18 Å². The standard InChI is InChI=1S/C29H30FN7O2/c1-35(2)19-14-36(15-19)28-20(17-8-10-39-16-17)4-6-25(34-28)33-23-5-3-21(22-12-32-29(38)27(22)23)24-13-31-26-11-18(30)7-9-37(24)26/h3-7,9,11,13,17,19H,8,10,12,14-16H2,1-2H3,(H,32,38)(H,33,34). The first kappa shape index (κ1) is 24.1. The van der Waals surface area contributed by atoms with Gasteiger partial charge < -0.3 is 25.2 Å². The first-order chi connectivity index (χ1) is 19.0. The second kappa shape index (κ2) is 9.32. The van der Waals surface area contributed by atoms with Gasteiger partial charge in [-0.2, -0.15) is 0 Å². The number of rotatable bonds is 6. The summed E-state index contributed by atoms with van der Waals surface area (Å²) in [6.45, 7) is 3.77. The molecule has 0 bridgehead atoms. The highest BCUT2D eigenvalue weighted by atomic mass is 19.1. The minimum Gasteiger partial charge on any atom is -0.381 e. The zero-order chi connectivity index (χ0) is 26.7. The van der Waals surface area contributed by atoms with Gasteiger partial charge in [0.25, 0.3) is 5.91 Å². The van der Waals surface area contributed by atoms with Gasteiger partial charge in [0.05, 0.1) is 29.7 Å². The molecule has 2 N–H and O–H groups in total. The van der Waals surface area contributed by atoms with Crippen molar-refractivity contribution >= 4 is 28.9 Å². The minimum atomic E-state index is -0.338. The van der Waals surface area contributed by atoms with Crippen molar-refractivity contribution in [1.29, 1.82) is 0 Å². The number of fused-ring (bicyclic) bond motifs is 2. The van der Waals surface area contributed by atoms with Crippen molar-refractivity contribution in [2.45, 2.75) is 24.9 Å². The van der Waals surface area contributed by atoms with E-state index in [2.05, 4.69) is 45.6 Å². The van der Waals surface area contributed by atoms with Gasteiger partial charge in [-0.3, -0.25) is 9.20 Å². The van der Waals surface area contributed by atoms with Crippen LogP contribution in [-0.2, 0) is 11.3 Å². The number of likely N-dealkylation sites (N-methyl/N-ethyl adjacent to an activating group) is 1.